The van der Waals surface area contributed by atoms with E-state index in [4.69, 9.17) is 9.84 Å². The van der Waals surface area contributed by atoms with E-state index < -0.39 is 11.9 Å². The molecule has 0 saturated carbocycles. The van der Waals surface area contributed by atoms with Crippen molar-refractivity contribution in [1.29, 1.82) is 0 Å². The highest BCUT2D eigenvalue weighted by molar-refractivity contribution is 5.95. The number of nitrogens with one attached hydrogen (secondary N) is 1. The molecule has 4 rings (SSSR count). The number of carbonyl (C=O) groups is 1. The maximum absolute atomic E-state index is 13.7. The normalized spacial score (nSPS) is 11.6. The number of hydrogen-bond acceptors (Lipinski definition) is 6. The van der Waals surface area contributed by atoms with Crippen molar-refractivity contribution in [3.05, 3.63) is 72.5 Å². The smallest absolute Gasteiger partial charge is 0.435 e. The fourth-order valence-corrected chi connectivity index (χ4v) is 3.85. The van der Waals surface area contributed by atoms with Crippen molar-refractivity contribution in [1.82, 2.24) is 29.5 Å². The molecule has 0 radical (unpaired) electrons. The third-order valence-electron chi connectivity index (χ3n) is 5.56. The summed E-state index contributed by atoms with van der Waals surface area (Å²) in [5.74, 6) is 0.221. The fourth-order valence-electron chi connectivity index (χ4n) is 3.85. The number of allylic oxidation sites excluding steroid dienone is 1. The number of amides is 1. The van der Waals surface area contributed by atoms with Gasteiger partial charge in [0.15, 0.2) is 5.69 Å². The molecule has 0 bridgehead atoms. The Hall–Kier alpha value is -4.19. The van der Waals surface area contributed by atoms with Crippen LogP contribution in [-0.4, -0.2) is 48.3 Å². The number of nitrogens with zero attached hydrogens (tertiary/aromatic N) is 5. The number of aliphatic hydroxyl groups excluding tert-OH is 1. The van der Waals surface area contributed by atoms with Crippen LogP contribution in [-0.2, 0) is 19.1 Å². The van der Waals surface area contributed by atoms with E-state index in [0.717, 1.165) is 10.2 Å². The van der Waals surface area contributed by atoms with Gasteiger partial charge in [-0.25, -0.2) is 9.97 Å². The topological polar surface area (TPSA) is 107 Å². The van der Waals surface area contributed by atoms with Crippen molar-refractivity contribution in [2.45, 2.75) is 32.5 Å². The summed E-state index contributed by atoms with van der Waals surface area (Å²) in [5.41, 5.74) is 0.442. The number of aromatic nitrogens is 5. The minimum Gasteiger partial charge on any atom is -0.436 e. The van der Waals surface area contributed by atoms with Crippen molar-refractivity contribution in [2.24, 2.45) is 0 Å². The molecule has 0 aliphatic heterocycles. The standard InChI is InChI=1S/C25H25F3N6O3/c1-3-10-33-15-19(21(32-33)25(26,27)28)20-14-31-22-24(30-9-11-34(20)22)37-17-6-7-18(16(4-2)13-17)23(36)29-8-5-12-35/h3,6-7,9,11,13-15,35H,1,4-5,8,10,12H2,2H3,(H,29,36). The number of halogens is 3. The van der Waals surface area contributed by atoms with Crippen LogP contribution in [0.1, 0.15) is 35.0 Å². The van der Waals surface area contributed by atoms with Gasteiger partial charge in [0.1, 0.15) is 5.75 Å². The van der Waals surface area contributed by atoms with E-state index in [1.54, 1.807) is 18.2 Å². The first-order valence-electron chi connectivity index (χ1n) is 11.5. The number of imidazole rings is 1. The van der Waals surface area contributed by atoms with Gasteiger partial charge in [-0.15, -0.1) is 6.58 Å². The summed E-state index contributed by atoms with van der Waals surface area (Å²) in [5, 5.41) is 15.3. The monoisotopic (exact) mass is 514 g/mol. The average molecular weight is 515 g/mol. The zero-order valence-electron chi connectivity index (χ0n) is 20.0. The van der Waals surface area contributed by atoms with Crippen LogP contribution in [0.15, 0.2) is 55.6 Å². The highest BCUT2D eigenvalue weighted by Gasteiger charge is 2.38. The van der Waals surface area contributed by atoms with Crippen LogP contribution in [0, 0.1) is 0 Å². The van der Waals surface area contributed by atoms with Crippen molar-refractivity contribution < 1.29 is 27.8 Å². The number of carbonyl (C=O) groups excluding carboxylic acids is 1. The molecule has 9 nitrogen and oxygen atoms in total. The summed E-state index contributed by atoms with van der Waals surface area (Å²) in [6.07, 6.45) is 3.30. The van der Waals surface area contributed by atoms with Crippen molar-refractivity contribution in [3.8, 4) is 22.9 Å². The Kier molecular flexibility index (Phi) is 7.58. The van der Waals surface area contributed by atoms with E-state index in [0.29, 0.717) is 30.7 Å². The van der Waals surface area contributed by atoms with E-state index in [2.05, 4.69) is 27.0 Å². The van der Waals surface area contributed by atoms with E-state index >= 15 is 0 Å². The maximum atomic E-state index is 13.7. The predicted octanol–water partition coefficient (Wildman–Crippen LogP) is 4.26. The minimum atomic E-state index is -4.67. The number of benzene rings is 1. The predicted molar refractivity (Wildman–Crippen MR) is 129 cm³/mol. The molecule has 0 saturated heterocycles. The Bertz CT molecular complexity index is 1430. The number of rotatable bonds is 10. The van der Waals surface area contributed by atoms with Crippen LogP contribution in [0.3, 0.4) is 0 Å². The maximum Gasteiger partial charge on any atom is 0.435 e. The highest BCUT2D eigenvalue weighted by atomic mass is 19.4. The summed E-state index contributed by atoms with van der Waals surface area (Å²) in [6.45, 7) is 5.90. The first kappa shape index (κ1) is 25.9. The second-order valence-electron chi connectivity index (χ2n) is 8.08. The van der Waals surface area contributed by atoms with Crippen LogP contribution < -0.4 is 10.1 Å². The third kappa shape index (κ3) is 5.48. The van der Waals surface area contributed by atoms with Gasteiger partial charge in [-0.2, -0.15) is 18.3 Å². The Morgan fingerprint density at radius 1 is 1.30 bits per heavy atom. The molecule has 1 amide bonds. The highest BCUT2D eigenvalue weighted by Crippen LogP contribution is 2.37. The summed E-state index contributed by atoms with van der Waals surface area (Å²) in [4.78, 5) is 20.9. The van der Waals surface area contributed by atoms with Crippen molar-refractivity contribution in [3.63, 3.8) is 0 Å². The SMILES string of the molecule is C=CCn1cc(-c2cnc3c(Oc4ccc(C(=O)NCCCO)c(CC)c4)nccn23)c(C(F)(F)F)n1. The lowest BCUT2D eigenvalue weighted by atomic mass is 10.0. The van der Waals surface area contributed by atoms with Crippen LogP contribution >= 0.6 is 0 Å². The van der Waals surface area contributed by atoms with Gasteiger partial charge >= 0.3 is 6.18 Å². The van der Waals surface area contributed by atoms with Gasteiger partial charge in [0, 0.05) is 37.3 Å². The first-order chi connectivity index (χ1) is 17.8. The van der Waals surface area contributed by atoms with Gasteiger partial charge in [0.05, 0.1) is 24.0 Å². The minimum absolute atomic E-state index is 0.0175. The van der Waals surface area contributed by atoms with E-state index in [-0.39, 0.29) is 41.8 Å². The molecule has 0 atom stereocenters. The van der Waals surface area contributed by atoms with Crippen LogP contribution in [0.25, 0.3) is 16.9 Å². The molecule has 194 valence electrons. The van der Waals surface area contributed by atoms with Crippen LogP contribution in [0.4, 0.5) is 13.2 Å². The Morgan fingerprint density at radius 3 is 2.81 bits per heavy atom. The van der Waals surface area contributed by atoms with Gasteiger partial charge in [-0.1, -0.05) is 13.0 Å². The van der Waals surface area contributed by atoms with Crippen LogP contribution in [0.5, 0.6) is 11.6 Å². The lowest BCUT2D eigenvalue weighted by Gasteiger charge is -2.12. The Labute approximate surface area is 210 Å². The summed E-state index contributed by atoms with van der Waals surface area (Å²) in [6, 6.07) is 4.94. The molecule has 0 fully saturated rings. The molecule has 3 aromatic heterocycles. The molecular formula is C25H25F3N6O3. The number of alkyl halides is 3. The lowest BCUT2D eigenvalue weighted by Crippen LogP contribution is -2.26. The molecule has 0 spiro atoms. The van der Waals surface area contributed by atoms with Crippen LogP contribution in [0.2, 0.25) is 0 Å². The number of fused-ring (bicyclic) bond motifs is 1. The molecule has 3 heterocycles. The Morgan fingerprint density at radius 2 is 2.11 bits per heavy atom. The van der Waals surface area contributed by atoms with Gasteiger partial charge < -0.3 is 15.2 Å². The first-order valence-corrected chi connectivity index (χ1v) is 11.5. The van der Waals surface area contributed by atoms with E-state index in [1.807, 2.05) is 6.92 Å². The molecule has 2 N–H and O–H groups in total. The fraction of sp³-hybridized carbons (Fsp3) is 0.280. The quantitative estimate of drug-likeness (QED) is 0.242. The molecule has 4 aromatic rings. The van der Waals surface area contributed by atoms with Gasteiger partial charge in [-0.3, -0.25) is 13.9 Å². The molecule has 0 aliphatic rings. The van der Waals surface area contributed by atoms with Crippen molar-refractivity contribution >= 4 is 11.6 Å². The molecule has 12 heteroatoms. The number of ether oxygens (including phenoxy) is 1. The summed E-state index contributed by atoms with van der Waals surface area (Å²) < 4.78 is 49.7. The zero-order valence-corrected chi connectivity index (χ0v) is 20.0. The van der Waals surface area contributed by atoms with Gasteiger partial charge in [0.2, 0.25) is 5.65 Å². The van der Waals surface area contributed by atoms with Gasteiger partial charge in [0.25, 0.3) is 11.8 Å². The number of hydrogen-bond donors (Lipinski definition) is 2. The average Bonchev–Trinajstić information content (AvgIpc) is 3.49. The number of aliphatic hydroxyl groups is 1. The molecule has 0 unspecified atom stereocenters. The lowest BCUT2D eigenvalue weighted by molar-refractivity contribution is -0.141. The molecular weight excluding hydrogens is 489 g/mol. The second-order valence-corrected chi connectivity index (χ2v) is 8.08. The summed E-state index contributed by atoms with van der Waals surface area (Å²) >= 11 is 0. The summed E-state index contributed by atoms with van der Waals surface area (Å²) in [7, 11) is 0. The molecule has 0 aliphatic carbocycles. The van der Waals surface area contributed by atoms with E-state index in [9.17, 15) is 18.0 Å². The molecule has 1 aromatic carbocycles. The van der Waals surface area contributed by atoms with Crippen molar-refractivity contribution in [2.75, 3.05) is 13.2 Å². The zero-order chi connectivity index (χ0) is 26.6. The van der Waals surface area contributed by atoms with E-state index in [1.165, 1.54) is 35.3 Å². The number of aryl methyl sites for hydroxylation is 1. The Balaban J connectivity index is 1.67. The largest absolute Gasteiger partial charge is 0.436 e. The van der Waals surface area contributed by atoms with Gasteiger partial charge in [-0.05, 0) is 36.6 Å². The molecule has 37 heavy (non-hydrogen) atoms. The third-order valence-corrected chi connectivity index (χ3v) is 5.56. The second kappa shape index (κ2) is 10.8.